The molecule has 1 atom stereocenters. The van der Waals surface area contributed by atoms with Gasteiger partial charge >= 0.3 is 0 Å². The number of amides is 1. The summed E-state index contributed by atoms with van der Waals surface area (Å²) < 4.78 is 0. The van der Waals surface area contributed by atoms with Gasteiger partial charge in [-0.15, -0.1) is 0 Å². The lowest BCUT2D eigenvalue weighted by Gasteiger charge is -2.14. The fourth-order valence-corrected chi connectivity index (χ4v) is 2.78. The van der Waals surface area contributed by atoms with Crippen LogP contribution in [-0.4, -0.2) is 16.9 Å². The number of thiophene rings is 1. The smallest absolute Gasteiger partial charge is 0.251 e. The van der Waals surface area contributed by atoms with E-state index in [9.17, 15) is 4.79 Å². The first-order valence-electron chi connectivity index (χ1n) is 6.92. The quantitative estimate of drug-likeness (QED) is 0.565. The molecular formula is C15H20N4OS. The molecule has 6 heteroatoms. The van der Waals surface area contributed by atoms with Crippen molar-refractivity contribution in [2.45, 2.75) is 32.7 Å². The number of hydrogen-bond acceptors (Lipinski definition) is 5. The van der Waals surface area contributed by atoms with Crippen molar-refractivity contribution in [3.05, 3.63) is 45.8 Å². The number of nitrogens with zero attached hydrogens (tertiary/aromatic N) is 1. The van der Waals surface area contributed by atoms with Gasteiger partial charge in [-0.05, 0) is 54.3 Å². The van der Waals surface area contributed by atoms with Gasteiger partial charge in [0, 0.05) is 17.3 Å². The number of carbonyl (C=O) groups excluding carboxylic acids is 1. The minimum absolute atomic E-state index is 0.0691. The lowest BCUT2D eigenvalue weighted by molar-refractivity contribution is 0.0940. The lowest BCUT2D eigenvalue weighted by atomic mass is 10.1. The van der Waals surface area contributed by atoms with Crippen LogP contribution >= 0.6 is 11.3 Å². The second-order valence-corrected chi connectivity index (χ2v) is 5.72. The highest BCUT2D eigenvalue weighted by Gasteiger charge is 2.12. The van der Waals surface area contributed by atoms with E-state index in [2.05, 4.69) is 27.2 Å². The van der Waals surface area contributed by atoms with Crippen LogP contribution in [0.5, 0.6) is 0 Å². The summed E-state index contributed by atoms with van der Waals surface area (Å²) in [6, 6.07) is 5.60. The van der Waals surface area contributed by atoms with Crippen LogP contribution in [0.25, 0.3) is 0 Å². The number of hydrogen-bond donors (Lipinski definition) is 3. The summed E-state index contributed by atoms with van der Waals surface area (Å²) in [5.74, 6) is 5.79. The number of aryl methyl sites for hydroxylation is 1. The van der Waals surface area contributed by atoms with Crippen LogP contribution < -0.4 is 16.6 Å². The van der Waals surface area contributed by atoms with E-state index in [1.807, 2.05) is 19.2 Å². The summed E-state index contributed by atoms with van der Waals surface area (Å²) in [7, 11) is 0. The number of aromatic nitrogens is 1. The Morgan fingerprint density at radius 3 is 2.90 bits per heavy atom. The van der Waals surface area contributed by atoms with Gasteiger partial charge in [0.15, 0.2) is 0 Å². The second kappa shape index (κ2) is 7.19. The molecule has 112 valence electrons. The fourth-order valence-electron chi connectivity index (χ4n) is 2.09. The van der Waals surface area contributed by atoms with Gasteiger partial charge in [0.05, 0.1) is 0 Å². The van der Waals surface area contributed by atoms with E-state index in [4.69, 9.17) is 5.84 Å². The molecule has 0 spiro atoms. The van der Waals surface area contributed by atoms with Crippen molar-refractivity contribution in [1.82, 2.24) is 10.3 Å². The third kappa shape index (κ3) is 4.27. The molecule has 2 heterocycles. The Balaban J connectivity index is 2.05. The van der Waals surface area contributed by atoms with Gasteiger partial charge in [-0.25, -0.2) is 10.8 Å². The van der Waals surface area contributed by atoms with Gasteiger partial charge in [-0.3, -0.25) is 4.79 Å². The molecular weight excluding hydrogens is 284 g/mol. The van der Waals surface area contributed by atoms with Gasteiger partial charge < -0.3 is 10.7 Å². The summed E-state index contributed by atoms with van der Waals surface area (Å²) in [5, 5.41) is 7.15. The van der Waals surface area contributed by atoms with Crippen LogP contribution in [0.15, 0.2) is 29.0 Å². The molecule has 1 unspecified atom stereocenters. The number of nitrogens with two attached hydrogens (primary N) is 1. The standard InChI is InChI=1S/C15H20N4OS/c1-3-13-7-12(8-14(18-13)19-16)15(20)17-10(2)6-11-4-5-21-9-11/h4-5,7-10H,3,6,16H2,1-2H3,(H,17,20)(H,18,19). The van der Waals surface area contributed by atoms with Crippen LogP contribution in [0.3, 0.4) is 0 Å². The molecule has 2 rings (SSSR count). The Morgan fingerprint density at radius 2 is 2.29 bits per heavy atom. The zero-order valence-corrected chi connectivity index (χ0v) is 13.0. The molecule has 0 saturated heterocycles. The van der Waals surface area contributed by atoms with E-state index in [1.54, 1.807) is 23.5 Å². The Kier molecular flexibility index (Phi) is 5.30. The molecule has 2 aromatic rings. The summed E-state index contributed by atoms with van der Waals surface area (Å²) in [4.78, 5) is 16.6. The maximum absolute atomic E-state index is 12.3. The van der Waals surface area contributed by atoms with Gasteiger partial charge in [0.2, 0.25) is 0 Å². The first kappa shape index (κ1) is 15.5. The monoisotopic (exact) mass is 304 g/mol. The molecule has 21 heavy (non-hydrogen) atoms. The van der Waals surface area contributed by atoms with Crippen LogP contribution in [0.2, 0.25) is 0 Å². The molecule has 2 aromatic heterocycles. The Morgan fingerprint density at radius 1 is 1.48 bits per heavy atom. The van der Waals surface area contributed by atoms with Crippen molar-refractivity contribution in [1.29, 1.82) is 0 Å². The highest BCUT2D eigenvalue weighted by Crippen LogP contribution is 2.12. The molecule has 0 saturated carbocycles. The molecule has 1 amide bonds. The summed E-state index contributed by atoms with van der Waals surface area (Å²) in [6.07, 6.45) is 1.57. The first-order chi connectivity index (χ1) is 10.1. The topological polar surface area (TPSA) is 80.0 Å². The van der Waals surface area contributed by atoms with Crippen molar-refractivity contribution in [3.63, 3.8) is 0 Å². The summed E-state index contributed by atoms with van der Waals surface area (Å²) >= 11 is 1.66. The average Bonchev–Trinajstić information content (AvgIpc) is 2.99. The van der Waals surface area contributed by atoms with Gasteiger partial charge in [-0.1, -0.05) is 6.92 Å². The number of nitrogens with one attached hydrogen (secondary N) is 2. The third-order valence-corrected chi connectivity index (χ3v) is 3.88. The van der Waals surface area contributed by atoms with E-state index in [0.29, 0.717) is 11.4 Å². The van der Waals surface area contributed by atoms with Crippen LogP contribution in [0, 0.1) is 0 Å². The Labute approximate surface area is 128 Å². The zero-order valence-electron chi connectivity index (χ0n) is 12.2. The van der Waals surface area contributed by atoms with E-state index < -0.39 is 0 Å². The van der Waals surface area contributed by atoms with E-state index in [1.165, 1.54) is 5.56 Å². The van der Waals surface area contributed by atoms with E-state index in [0.717, 1.165) is 18.5 Å². The minimum atomic E-state index is -0.105. The maximum Gasteiger partial charge on any atom is 0.251 e. The second-order valence-electron chi connectivity index (χ2n) is 4.94. The molecule has 0 aliphatic rings. The molecule has 4 N–H and O–H groups in total. The maximum atomic E-state index is 12.3. The van der Waals surface area contributed by atoms with Crippen molar-refractivity contribution >= 4 is 23.1 Å². The van der Waals surface area contributed by atoms with Crippen LogP contribution in [-0.2, 0) is 12.8 Å². The van der Waals surface area contributed by atoms with Crippen LogP contribution in [0.1, 0.15) is 35.5 Å². The Bertz CT molecular complexity index is 575. The Hall–Kier alpha value is -1.92. The van der Waals surface area contributed by atoms with Crippen molar-refractivity contribution in [3.8, 4) is 0 Å². The first-order valence-corrected chi connectivity index (χ1v) is 7.86. The normalized spacial score (nSPS) is 12.0. The average molecular weight is 304 g/mol. The number of nitrogen functional groups attached to an aromatic ring is 1. The predicted molar refractivity (Wildman–Crippen MR) is 86.4 cm³/mol. The van der Waals surface area contributed by atoms with E-state index in [-0.39, 0.29) is 11.9 Å². The molecule has 0 bridgehead atoms. The fraction of sp³-hybridized carbons (Fsp3) is 0.333. The third-order valence-electron chi connectivity index (χ3n) is 3.15. The van der Waals surface area contributed by atoms with Crippen LogP contribution in [0.4, 0.5) is 5.82 Å². The highest BCUT2D eigenvalue weighted by atomic mass is 32.1. The number of anilines is 1. The summed E-state index contributed by atoms with van der Waals surface area (Å²) in [5.41, 5.74) is 5.14. The number of hydrazine groups is 1. The largest absolute Gasteiger partial charge is 0.349 e. The number of rotatable bonds is 6. The zero-order chi connectivity index (χ0) is 15.2. The van der Waals surface area contributed by atoms with Crippen molar-refractivity contribution in [2.24, 2.45) is 5.84 Å². The van der Waals surface area contributed by atoms with Gasteiger partial charge in [0.1, 0.15) is 5.82 Å². The van der Waals surface area contributed by atoms with Crippen molar-refractivity contribution in [2.75, 3.05) is 5.43 Å². The van der Waals surface area contributed by atoms with E-state index >= 15 is 0 Å². The highest BCUT2D eigenvalue weighted by molar-refractivity contribution is 7.07. The minimum Gasteiger partial charge on any atom is -0.349 e. The molecule has 0 radical (unpaired) electrons. The molecule has 0 fully saturated rings. The molecule has 5 nitrogen and oxygen atoms in total. The van der Waals surface area contributed by atoms with Gasteiger partial charge in [0.25, 0.3) is 5.91 Å². The van der Waals surface area contributed by atoms with Crippen molar-refractivity contribution < 1.29 is 4.79 Å². The number of carbonyl (C=O) groups is 1. The number of pyridine rings is 1. The molecule has 0 aliphatic heterocycles. The summed E-state index contributed by atoms with van der Waals surface area (Å²) in [6.45, 7) is 3.99. The van der Waals surface area contributed by atoms with Gasteiger partial charge in [-0.2, -0.15) is 11.3 Å². The SMILES string of the molecule is CCc1cc(C(=O)NC(C)Cc2ccsc2)cc(NN)n1. The predicted octanol–water partition coefficient (Wildman–Crippen LogP) is 2.35. The molecule has 0 aliphatic carbocycles. The lowest BCUT2D eigenvalue weighted by Crippen LogP contribution is -2.34. The molecule has 0 aromatic carbocycles.